The topological polar surface area (TPSA) is 134 Å². The third-order valence-corrected chi connectivity index (χ3v) is 6.56. The number of anilines is 2. The zero-order chi connectivity index (χ0) is 21.8. The van der Waals surface area contributed by atoms with Gasteiger partial charge in [0.2, 0.25) is 16.0 Å². The molecule has 4 rings (SSSR count). The Hall–Kier alpha value is -3.39. The van der Waals surface area contributed by atoms with E-state index >= 15 is 0 Å². The van der Waals surface area contributed by atoms with Crippen molar-refractivity contribution < 1.29 is 8.42 Å². The van der Waals surface area contributed by atoms with E-state index in [-0.39, 0.29) is 4.90 Å². The van der Waals surface area contributed by atoms with E-state index in [0.29, 0.717) is 30.2 Å². The van der Waals surface area contributed by atoms with Crippen LogP contribution >= 0.6 is 11.8 Å². The molecular formula is C21H18N6O2S2. The molecule has 3 aromatic rings. The Bertz CT molecular complexity index is 1270. The molecule has 0 fully saturated rings. The summed E-state index contributed by atoms with van der Waals surface area (Å²) in [5, 5.41) is 22.0. The van der Waals surface area contributed by atoms with Crippen molar-refractivity contribution in [1.29, 1.82) is 5.26 Å². The largest absolute Gasteiger partial charge is 0.354 e. The first-order valence-electron chi connectivity index (χ1n) is 9.31. The second-order valence-electron chi connectivity index (χ2n) is 6.67. The van der Waals surface area contributed by atoms with Gasteiger partial charge < -0.3 is 10.6 Å². The van der Waals surface area contributed by atoms with Crippen LogP contribution in [0.25, 0.3) is 5.57 Å². The fourth-order valence-electron chi connectivity index (χ4n) is 3.00. The smallest absolute Gasteiger partial charge is 0.238 e. The molecular weight excluding hydrogens is 432 g/mol. The number of benzene rings is 2. The standard InChI is InChI=1S/C21H18N6O2S2/c22-13-16(20-26-18-3-1-2-4-19(18)30-20)17-10-12-25-21(27-17)24-11-9-14-5-7-15(8-6-14)31(23,28)29/h1-8,10,12,26H,9,11H2,(H2,23,28,29)(H,24,25,27)/b20-16-. The van der Waals surface area contributed by atoms with Gasteiger partial charge in [-0.15, -0.1) is 0 Å². The summed E-state index contributed by atoms with van der Waals surface area (Å²) in [5.41, 5.74) is 2.89. The van der Waals surface area contributed by atoms with Gasteiger partial charge in [-0.25, -0.2) is 23.5 Å². The SMILES string of the molecule is N#C/C(=C1\Nc2ccccc2S1)c1ccnc(NCCc2ccc(S(N)(=O)=O)cc2)n1. The maximum absolute atomic E-state index is 11.3. The highest BCUT2D eigenvalue weighted by Crippen LogP contribution is 2.43. The number of para-hydroxylation sites is 1. The van der Waals surface area contributed by atoms with E-state index in [0.717, 1.165) is 21.2 Å². The Kier molecular flexibility index (Phi) is 5.90. The van der Waals surface area contributed by atoms with E-state index in [1.54, 1.807) is 24.4 Å². The van der Waals surface area contributed by atoms with E-state index in [4.69, 9.17) is 5.14 Å². The van der Waals surface area contributed by atoms with Gasteiger partial charge in [0.1, 0.15) is 11.6 Å². The lowest BCUT2D eigenvalue weighted by atomic mass is 10.1. The molecule has 0 spiro atoms. The van der Waals surface area contributed by atoms with Gasteiger partial charge in [0, 0.05) is 17.6 Å². The number of sulfonamides is 1. The van der Waals surface area contributed by atoms with E-state index in [1.165, 1.54) is 23.9 Å². The van der Waals surface area contributed by atoms with E-state index in [2.05, 4.69) is 26.7 Å². The molecule has 0 radical (unpaired) electrons. The Morgan fingerprint density at radius 3 is 2.65 bits per heavy atom. The number of nitriles is 1. The third kappa shape index (κ3) is 4.86. The van der Waals surface area contributed by atoms with E-state index in [1.807, 2.05) is 24.3 Å². The molecule has 1 aliphatic heterocycles. The van der Waals surface area contributed by atoms with Crippen LogP contribution in [-0.2, 0) is 16.4 Å². The van der Waals surface area contributed by atoms with Crippen molar-refractivity contribution in [2.75, 3.05) is 17.2 Å². The fourth-order valence-corrected chi connectivity index (χ4v) is 4.53. The second-order valence-corrected chi connectivity index (χ2v) is 9.28. The summed E-state index contributed by atoms with van der Waals surface area (Å²) >= 11 is 1.50. The molecule has 0 bridgehead atoms. The number of aromatic nitrogens is 2. The van der Waals surface area contributed by atoms with Crippen LogP contribution in [0.1, 0.15) is 11.3 Å². The second kappa shape index (κ2) is 8.77. The third-order valence-electron chi connectivity index (χ3n) is 4.55. The zero-order valence-electron chi connectivity index (χ0n) is 16.2. The Morgan fingerprint density at radius 2 is 1.94 bits per heavy atom. The molecule has 1 aromatic heterocycles. The van der Waals surface area contributed by atoms with Crippen molar-refractivity contribution in [3.05, 3.63) is 77.1 Å². The highest BCUT2D eigenvalue weighted by Gasteiger charge is 2.21. The van der Waals surface area contributed by atoms with Crippen molar-refractivity contribution in [3.8, 4) is 6.07 Å². The summed E-state index contributed by atoms with van der Waals surface area (Å²) < 4.78 is 22.7. The van der Waals surface area contributed by atoms with Gasteiger partial charge >= 0.3 is 0 Å². The van der Waals surface area contributed by atoms with Crippen LogP contribution in [0.3, 0.4) is 0 Å². The number of fused-ring (bicyclic) bond motifs is 1. The maximum Gasteiger partial charge on any atom is 0.238 e. The highest BCUT2D eigenvalue weighted by atomic mass is 32.2. The van der Waals surface area contributed by atoms with E-state index in [9.17, 15) is 13.7 Å². The van der Waals surface area contributed by atoms with Crippen molar-refractivity contribution in [2.24, 2.45) is 5.14 Å². The molecule has 0 saturated heterocycles. The fraction of sp³-hybridized carbons (Fsp3) is 0.0952. The van der Waals surface area contributed by atoms with E-state index < -0.39 is 10.0 Å². The average Bonchev–Trinajstić information content (AvgIpc) is 3.18. The summed E-state index contributed by atoms with van der Waals surface area (Å²) in [6, 6.07) is 18.2. The Balaban J connectivity index is 1.44. The van der Waals surface area contributed by atoms with Gasteiger partial charge in [-0.3, -0.25) is 0 Å². The van der Waals surface area contributed by atoms with Crippen LogP contribution in [-0.4, -0.2) is 24.9 Å². The lowest BCUT2D eigenvalue weighted by Gasteiger charge is -2.08. The molecule has 0 saturated carbocycles. The summed E-state index contributed by atoms with van der Waals surface area (Å²) in [6.45, 7) is 0.537. The predicted molar refractivity (Wildman–Crippen MR) is 120 cm³/mol. The molecule has 2 heterocycles. The number of rotatable bonds is 6. The molecule has 2 aromatic carbocycles. The first-order chi connectivity index (χ1) is 14.9. The minimum atomic E-state index is -3.70. The minimum Gasteiger partial charge on any atom is -0.354 e. The van der Waals surface area contributed by atoms with Gasteiger partial charge in [0.05, 0.1) is 21.3 Å². The molecule has 0 aliphatic carbocycles. The monoisotopic (exact) mass is 450 g/mol. The van der Waals surface area contributed by atoms with Crippen LogP contribution in [0.4, 0.5) is 11.6 Å². The summed E-state index contributed by atoms with van der Waals surface area (Å²) in [7, 11) is -3.70. The van der Waals surface area contributed by atoms with Crippen molar-refractivity contribution in [3.63, 3.8) is 0 Å². The normalized spacial score (nSPS) is 14.3. The number of hydrogen-bond donors (Lipinski definition) is 3. The molecule has 0 amide bonds. The van der Waals surface area contributed by atoms with Crippen LogP contribution in [0, 0.1) is 11.3 Å². The number of nitrogens with zero attached hydrogens (tertiary/aromatic N) is 3. The van der Waals surface area contributed by atoms with Crippen molar-refractivity contribution in [2.45, 2.75) is 16.2 Å². The molecule has 1 aliphatic rings. The summed E-state index contributed by atoms with van der Waals surface area (Å²) in [4.78, 5) is 9.84. The molecule has 4 N–H and O–H groups in total. The van der Waals surface area contributed by atoms with Crippen LogP contribution in [0.2, 0.25) is 0 Å². The van der Waals surface area contributed by atoms with Crippen LogP contribution < -0.4 is 15.8 Å². The zero-order valence-corrected chi connectivity index (χ0v) is 17.9. The van der Waals surface area contributed by atoms with Gasteiger partial charge in [0.15, 0.2) is 0 Å². The van der Waals surface area contributed by atoms with Gasteiger partial charge in [0.25, 0.3) is 0 Å². The maximum atomic E-state index is 11.3. The van der Waals surface area contributed by atoms with Gasteiger partial charge in [-0.2, -0.15) is 5.26 Å². The van der Waals surface area contributed by atoms with Crippen LogP contribution in [0.5, 0.6) is 0 Å². The lowest BCUT2D eigenvalue weighted by molar-refractivity contribution is 0.598. The number of allylic oxidation sites excluding steroid dienone is 1. The van der Waals surface area contributed by atoms with Crippen LogP contribution in [0.15, 0.2) is 75.6 Å². The predicted octanol–water partition coefficient (Wildman–Crippen LogP) is 3.19. The quantitative estimate of drug-likeness (QED) is 0.488. The number of primary sulfonamides is 1. The molecule has 0 atom stereocenters. The minimum absolute atomic E-state index is 0.0813. The Labute approximate surface area is 184 Å². The number of hydrogen-bond acceptors (Lipinski definition) is 8. The first-order valence-corrected chi connectivity index (χ1v) is 11.7. The molecule has 8 nitrogen and oxygen atoms in total. The Morgan fingerprint density at radius 1 is 1.16 bits per heavy atom. The van der Waals surface area contributed by atoms with Crippen molar-refractivity contribution >= 4 is 39.0 Å². The number of nitrogens with one attached hydrogen (secondary N) is 2. The average molecular weight is 451 g/mol. The summed E-state index contributed by atoms with van der Waals surface area (Å²) in [6.07, 6.45) is 2.24. The molecule has 156 valence electrons. The summed E-state index contributed by atoms with van der Waals surface area (Å²) in [5.74, 6) is 0.410. The molecule has 31 heavy (non-hydrogen) atoms. The van der Waals surface area contributed by atoms with Gasteiger partial charge in [-0.1, -0.05) is 36.0 Å². The molecule has 0 unspecified atom stereocenters. The molecule has 10 heteroatoms. The number of nitrogens with two attached hydrogens (primary N) is 1. The van der Waals surface area contributed by atoms with Crippen molar-refractivity contribution in [1.82, 2.24) is 9.97 Å². The first kappa shape index (κ1) is 20.9. The van der Waals surface area contributed by atoms with Gasteiger partial charge in [-0.05, 0) is 42.3 Å². The highest BCUT2D eigenvalue weighted by molar-refractivity contribution is 8.04. The lowest BCUT2D eigenvalue weighted by Crippen LogP contribution is -2.12. The number of thioether (sulfide) groups is 1.